The smallest absolute Gasteiger partial charge is 0.315 e. The van der Waals surface area contributed by atoms with Crippen molar-refractivity contribution in [3.8, 4) is 0 Å². The van der Waals surface area contributed by atoms with Crippen LogP contribution in [0.1, 0.15) is 35.6 Å². The summed E-state index contributed by atoms with van der Waals surface area (Å²) in [7, 11) is 3.67. The molecule has 1 aliphatic rings. The number of benzene rings is 1. The molecule has 2 aromatic rings. The molecule has 1 unspecified atom stereocenters. The molecule has 3 rings (SSSR count). The van der Waals surface area contributed by atoms with Gasteiger partial charge in [-0.2, -0.15) is 0 Å². The average Bonchev–Trinajstić information content (AvgIpc) is 3.00. The Hall–Kier alpha value is -2.90. The van der Waals surface area contributed by atoms with Crippen molar-refractivity contribution in [2.75, 3.05) is 20.2 Å². The largest absolute Gasteiger partial charge is 0.465 e. The molecular formula is C19H26N6O2. The second-order valence-corrected chi connectivity index (χ2v) is 6.51. The van der Waals surface area contributed by atoms with Crippen LogP contribution in [-0.4, -0.2) is 51.8 Å². The van der Waals surface area contributed by atoms with Gasteiger partial charge in [0.25, 0.3) is 0 Å². The molecule has 1 atom stereocenters. The fourth-order valence-electron chi connectivity index (χ4n) is 3.31. The van der Waals surface area contributed by atoms with Crippen molar-refractivity contribution in [1.29, 1.82) is 0 Å². The number of aromatic nitrogens is 3. The Labute approximate surface area is 159 Å². The lowest BCUT2D eigenvalue weighted by Gasteiger charge is -2.35. The van der Waals surface area contributed by atoms with Gasteiger partial charge in [0.1, 0.15) is 5.82 Å². The highest BCUT2D eigenvalue weighted by Gasteiger charge is 2.32. The van der Waals surface area contributed by atoms with Crippen LogP contribution in [0.4, 0.5) is 0 Å². The number of fused-ring (bicyclic) bond motifs is 1. The highest BCUT2D eigenvalue weighted by molar-refractivity contribution is 5.84. The van der Waals surface area contributed by atoms with Crippen LogP contribution in [0.25, 0.3) is 0 Å². The molecule has 0 spiro atoms. The molecular weight excluding hydrogens is 344 g/mol. The van der Waals surface area contributed by atoms with Gasteiger partial charge < -0.3 is 19.5 Å². The van der Waals surface area contributed by atoms with E-state index in [2.05, 4.69) is 25.4 Å². The van der Waals surface area contributed by atoms with Gasteiger partial charge in [-0.15, -0.1) is 10.2 Å². The fourth-order valence-corrected chi connectivity index (χ4v) is 3.31. The number of rotatable bonds is 4. The standard InChI is InChI=1S/C19H26N6O2/c1-5-27-18(26)16-12-25(11-14-8-6-7-9-15(14)16)19(20-3)21-10-17-23-22-13(2)24(17)4/h6-9,16H,5,10-12H2,1-4H3,(H,20,21). The van der Waals surface area contributed by atoms with Gasteiger partial charge in [-0.1, -0.05) is 24.3 Å². The van der Waals surface area contributed by atoms with Crippen LogP contribution in [0.15, 0.2) is 29.3 Å². The Morgan fingerprint density at radius 3 is 2.81 bits per heavy atom. The van der Waals surface area contributed by atoms with Gasteiger partial charge in [0.2, 0.25) is 0 Å². The lowest BCUT2D eigenvalue weighted by Crippen LogP contribution is -2.46. The third-order valence-electron chi connectivity index (χ3n) is 4.86. The number of carbonyl (C=O) groups excluding carboxylic acids is 1. The number of carbonyl (C=O) groups is 1. The van der Waals surface area contributed by atoms with E-state index in [-0.39, 0.29) is 11.9 Å². The molecule has 1 aromatic carbocycles. The molecule has 8 heteroatoms. The first-order valence-electron chi connectivity index (χ1n) is 9.10. The van der Waals surface area contributed by atoms with Crippen molar-refractivity contribution < 1.29 is 9.53 Å². The van der Waals surface area contributed by atoms with Crippen molar-refractivity contribution in [1.82, 2.24) is 25.0 Å². The van der Waals surface area contributed by atoms with E-state index in [1.54, 1.807) is 7.05 Å². The Balaban J connectivity index is 1.78. The third-order valence-corrected chi connectivity index (χ3v) is 4.86. The summed E-state index contributed by atoms with van der Waals surface area (Å²) in [6, 6.07) is 8.01. The third kappa shape index (κ3) is 3.94. The fraction of sp³-hybridized carbons (Fsp3) is 0.474. The predicted molar refractivity (Wildman–Crippen MR) is 102 cm³/mol. The van der Waals surface area contributed by atoms with Crippen molar-refractivity contribution in [2.24, 2.45) is 12.0 Å². The van der Waals surface area contributed by atoms with Crippen molar-refractivity contribution >= 4 is 11.9 Å². The minimum absolute atomic E-state index is 0.200. The second-order valence-electron chi connectivity index (χ2n) is 6.51. The number of aryl methyl sites for hydroxylation is 1. The molecule has 0 fully saturated rings. The Morgan fingerprint density at radius 2 is 2.15 bits per heavy atom. The summed E-state index contributed by atoms with van der Waals surface area (Å²) in [6.45, 7) is 5.82. The molecule has 0 saturated carbocycles. The SMILES string of the molecule is CCOC(=O)C1CN(C(=NC)NCc2nnc(C)n2C)Cc2ccccc21. The quantitative estimate of drug-likeness (QED) is 0.497. The van der Waals surface area contributed by atoms with E-state index in [0.717, 1.165) is 28.7 Å². The van der Waals surface area contributed by atoms with Crippen LogP contribution < -0.4 is 5.32 Å². The van der Waals surface area contributed by atoms with Crippen LogP contribution in [0, 0.1) is 6.92 Å². The topological polar surface area (TPSA) is 84.6 Å². The number of nitrogens with zero attached hydrogens (tertiary/aromatic N) is 5. The summed E-state index contributed by atoms with van der Waals surface area (Å²) >= 11 is 0. The number of ether oxygens (including phenoxy) is 1. The number of hydrogen-bond acceptors (Lipinski definition) is 5. The first kappa shape index (κ1) is 18.9. The van der Waals surface area contributed by atoms with Crippen molar-refractivity contribution in [3.05, 3.63) is 47.0 Å². The maximum absolute atomic E-state index is 12.5. The summed E-state index contributed by atoms with van der Waals surface area (Å²) < 4.78 is 7.24. The first-order chi connectivity index (χ1) is 13.0. The minimum atomic E-state index is -0.328. The number of nitrogens with one attached hydrogen (secondary N) is 1. The summed E-state index contributed by atoms with van der Waals surface area (Å²) in [4.78, 5) is 19.0. The molecule has 8 nitrogen and oxygen atoms in total. The van der Waals surface area contributed by atoms with Gasteiger partial charge in [0.15, 0.2) is 11.8 Å². The van der Waals surface area contributed by atoms with Crippen molar-refractivity contribution in [3.63, 3.8) is 0 Å². The lowest BCUT2D eigenvalue weighted by molar-refractivity contribution is -0.145. The Bertz CT molecular complexity index is 844. The summed E-state index contributed by atoms with van der Waals surface area (Å²) in [6.07, 6.45) is 0. The first-order valence-corrected chi connectivity index (χ1v) is 9.10. The summed E-state index contributed by atoms with van der Waals surface area (Å²) in [5, 5.41) is 11.6. The molecule has 0 amide bonds. The van der Waals surface area contributed by atoms with Gasteiger partial charge in [0, 0.05) is 27.2 Å². The predicted octanol–water partition coefficient (Wildman–Crippen LogP) is 1.36. The molecule has 0 bridgehead atoms. The Morgan fingerprint density at radius 1 is 1.37 bits per heavy atom. The molecule has 144 valence electrons. The molecule has 0 saturated heterocycles. The second kappa shape index (κ2) is 8.20. The zero-order valence-corrected chi connectivity index (χ0v) is 16.3. The maximum Gasteiger partial charge on any atom is 0.315 e. The van der Waals surface area contributed by atoms with Crippen LogP contribution >= 0.6 is 0 Å². The summed E-state index contributed by atoms with van der Waals surface area (Å²) in [5.41, 5.74) is 2.14. The normalized spacial score (nSPS) is 16.8. The van der Waals surface area contributed by atoms with E-state index in [1.165, 1.54) is 0 Å². The molecule has 1 aliphatic heterocycles. The van der Waals surface area contributed by atoms with E-state index in [9.17, 15) is 4.79 Å². The lowest BCUT2D eigenvalue weighted by atomic mass is 9.90. The van der Waals surface area contributed by atoms with Crippen LogP contribution in [-0.2, 0) is 29.7 Å². The van der Waals surface area contributed by atoms with Gasteiger partial charge in [0.05, 0.1) is 19.1 Å². The van der Waals surface area contributed by atoms with Gasteiger partial charge >= 0.3 is 5.97 Å². The van der Waals surface area contributed by atoms with E-state index >= 15 is 0 Å². The number of guanidine groups is 1. The zero-order chi connectivity index (χ0) is 19.4. The van der Waals surface area contributed by atoms with Gasteiger partial charge in [-0.3, -0.25) is 9.79 Å². The minimum Gasteiger partial charge on any atom is -0.465 e. The van der Waals surface area contributed by atoms with Crippen molar-refractivity contribution in [2.45, 2.75) is 32.9 Å². The summed E-state index contributed by atoms with van der Waals surface area (Å²) in [5.74, 6) is 1.88. The monoisotopic (exact) mass is 370 g/mol. The number of esters is 1. The molecule has 0 aliphatic carbocycles. The highest BCUT2D eigenvalue weighted by atomic mass is 16.5. The Kier molecular flexibility index (Phi) is 5.73. The molecule has 0 radical (unpaired) electrons. The van der Waals surface area contributed by atoms with E-state index < -0.39 is 0 Å². The molecule has 27 heavy (non-hydrogen) atoms. The average molecular weight is 370 g/mol. The molecule has 1 N–H and O–H groups in total. The maximum atomic E-state index is 12.5. The van der Waals surface area contributed by atoms with Gasteiger partial charge in [-0.05, 0) is 25.0 Å². The van der Waals surface area contributed by atoms with Gasteiger partial charge in [-0.25, -0.2) is 0 Å². The van der Waals surface area contributed by atoms with E-state index in [4.69, 9.17) is 4.74 Å². The van der Waals surface area contributed by atoms with E-state index in [1.807, 2.05) is 49.7 Å². The highest BCUT2D eigenvalue weighted by Crippen LogP contribution is 2.29. The van der Waals surface area contributed by atoms with Crippen LogP contribution in [0.5, 0.6) is 0 Å². The van der Waals surface area contributed by atoms with Crippen LogP contribution in [0.2, 0.25) is 0 Å². The number of aliphatic imine (C=N–C) groups is 1. The molecule has 1 aromatic heterocycles. The molecule has 2 heterocycles. The number of hydrogen-bond donors (Lipinski definition) is 1. The van der Waals surface area contributed by atoms with E-state index in [0.29, 0.717) is 26.2 Å². The zero-order valence-electron chi connectivity index (χ0n) is 16.3. The van der Waals surface area contributed by atoms with Crippen LogP contribution in [0.3, 0.4) is 0 Å².